The van der Waals surface area contributed by atoms with Crippen molar-refractivity contribution in [3.8, 4) is 0 Å². The van der Waals surface area contributed by atoms with Gasteiger partial charge in [0.2, 0.25) is 0 Å². The lowest BCUT2D eigenvalue weighted by atomic mass is 10.2. The molecule has 2 rings (SSSR count). The molecule has 0 bridgehead atoms. The second-order valence-electron chi connectivity index (χ2n) is 3.82. The number of hydrogen-bond acceptors (Lipinski definition) is 5. The molecule has 1 aromatic carbocycles. The van der Waals surface area contributed by atoms with E-state index in [2.05, 4.69) is 10.3 Å². The molecule has 0 unspecified atom stereocenters. The van der Waals surface area contributed by atoms with Crippen molar-refractivity contribution in [3.05, 3.63) is 39.6 Å². The number of anilines is 1. The minimum Gasteiger partial charge on any atom is -0.455 e. The quantitative estimate of drug-likeness (QED) is 0.693. The molecule has 0 fully saturated rings. The van der Waals surface area contributed by atoms with E-state index >= 15 is 0 Å². The number of aryl methyl sites for hydroxylation is 1. The molecule has 0 atom stereocenters. The van der Waals surface area contributed by atoms with E-state index in [1.54, 1.807) is 13.2 Å². The van der Waals surface area contributed by atoms with Gasteiger partial charge in [-0.25, -0.2) is 4.79 Å². The summed E-state index contributed by atoms with van der Waals surface area (Å²) < 4.78 is 6.58. The lowest BCUT2D eigenvalue weighted by molar-refractivity contribution is 0.0467. The largest absolute Gasteiger partial charge is 0.455 e. The zero-order valence-corrected chi connectivity index (χ0v) is 11.4. The molecular formula is C11H10Cl2N4O2. The van der Waals surface area contributed by atoms with Crippen LogP contribution in [0.4, 0.5) is 5.69 Å². The normalized spacial score (nSPS) is 10.5. The van der Waals surface area contributed by atoms with E-state index in [0.717, 1.165) is 0 Å². The lowest BCUT2D eigenvalue weighted by Crippen LogP contribution is -2.06. The smallest absolute Gasteiger partial charge is 0.338 e. The first-order valence-electron chi connectivity index (χ1n) is 5.24. The molecule has 0 spiro atoms. The summed E-state index contributed by atoms with van der Waals surface area (Å²) in [6.45, 7) is 0.0207. The number of aromatic nitrogens is 3. The van der Waals surface area contributed by atoms with E-state index in [1.165, 1.54) is 16.8 Å². The third kappa shape index (κ3) is 3.15. The number of benzene rings is 1. The Labute approximate surface area is 119 Å². The maximum Gasteiger partial charge on any atom is 0.338 e. The van der Waals surface area contributed by atoms with Gasteiger partial charge in [-0.2, -0.15) is 0 Å². The van der Waals surface area contributed by atoms with E-state index < -0.39 is 5.97 Å². The predicted molar refractivity (Wildman–Crippen MR) is 71.0 cm³/mol. The predicted octanol–water partition coefficient (Wildman–Crippen LogP) is 2.06. The van der Waals surface area contributed by atoms with Crippen molar-refractivity contribution in [1.29, 1.82) is 0 Å². The van der Waals surface area contributed by atoms with Crippen LogP contribution in [0.3, 0.4) is 0 Å². The highest BCUT2D eigenvalue weighted by atomic mass is 35.5. The average Bonchev–Trinajstić information content (AvgIpc) is 2.78. The van der Waals surface area contributed by atoms with Gasteiger partial charge in [0.15, 0.2) is 0 Å². The second-order valence-corrected chi connectivity index (χ2v) is 4.61. The fourth-order valence-corrected chi connectivity index (χ4v) is 1.75. The van der Waals surface area contributed by atoms with Gasteiger partial charge < -0.3 is 10.5 Å². The molecule has 0 aliphatic heterocycles. The molecule has 6 nitrogen and oxygen atoms in total. The summed E-state index contributed by atoms with van der Waals surface area (Å²) in [6.07, 6.45) is 1.65. The van der Waals surface area contributed by atoms with Crippen LogP contribution >= 0.6 is 23.2 Å². The summed E-state index contributed by atoms with van der Waals surface area (Å²) in [4.78, 5) is 11.8. The van der Waals surface area contributed by atoms with Crippen molar-refractivity contribution >= 4 is 34.9 Å². The summed E-state index contributed by atoms with van der Waals surface area (Å²) >= 11 is 11.6. The van der Waals surface area contributed by atoms with Crippen LogP contribution in [-0.4, -0.2) is 21.0 Å². The second kappa shape index (κ2) is 5.46. The van der Waals surface area contributed by atoms with Gasteiger partial charge in [0.05, 0.1) is 27.5 Å². The highest BCUT2D eigenvalue weighted by Crippen LogP contribution is 2.29. The summed E-state index contributed by atoms with van der Waals surface area (Å²) in [5.41, 5.74) is 6.62. The minimum atomic E-state index is -0.559. The number of esters is 1. The molecule has 2 aromatic rings. The average molecular weight is 301 g/mol. The summed E-state index contributed by atoms with van der Waals surface area (Å²) in [6, 6.07) is 2.81. The molecule has 0 aliphatic carbocycles. The van der Waals surface area contributed by atoms with E-state index in [9.17, 15) is 4.79 Å². The Hall–Kier alpha value is -1.79. The molecule has 0 amide bonds. The number of nitrogens with zero attached hydrogens (tertiary/aromatic N) is 3. The zero-order chi connectivity index (χ0) is 14.0. The standard InChI is InChI=1S/C11H10Cl2N4O2/c1-17-4-7(15-16-17)5-19-11(18)6-2-8(12)10(13)9(14)3-6/h2-4H,5,14H2,1H3. The summed E-state index contributed by atoms with van der Waals surface area (Å²) in [7, 11) is 1.72. The van der Waals surface area contributed by atoms with E-state index in [1.807, 2.05) is 0 Å². The number of carbonyl (C=O) groups is 1. The molecule has 0 saturated carbocycles. The summed E-state index contributed by atoms with van der Waals surface area (Å²) in [5.74, 6) is -0.559. The third-order valence-corrected chi connectivity index (χ3v) is 3.11. The molecule has 2 N–H and O–H groups in total. The Morgan fingerprint density at radius 2 is 2.21 bits per heavy atom. The Morgan fingerprint density at radius 1 is 1.47 bits per heavy atom. The highest BCUT2D eigenvalue weighted by molar-refractivity contribution is 6.43. The number of nitrogens with two attached hydrogens (primary N) is 1. The number of carbonyl (C=O) groups excluding carboxylic acids is 1. The van der Waals surface area contributed by atoms with Crippen molar-refractivity contribution in [2.75, 3.05) is 5.73 Å². The van der Waals surface area contributed by atoms with Gasteiger partial charge in [-0.3, -0.25) is 4.68 Å². The lowest BCUT2D eigenvalue weighted by Gasteiger charge is -2.06. The highest BCUT2D eigenvalue weighted by Gasteiger charge is 2.13. The number of halogens is 2. The van der Waals surface area contributed by atoms with Gasteiger partial charge in [-0.15, -0.1) is 5.10 Å². The van der Waals surface area contributed by atoms with Crippen LogP contribution in [0, 0.1) is 0 Å². The molecule has 0 aliphatic rings. The van der Waals surface area contributed by atoms with Crippen molar-refractivity contribution < 1.29 is 9.53 Å². The molecule has 8 heteroatoms. The number of hydrogen-bond donors (Lipinski definition) is 1. The zero-order valence-electron chi connectivity index (χ0n) is 9.93. The van der Waals surface area contributed by atoms with Crippen LogP contribution in [-0.2, 0) is 18.4 Å². The Balaban J connectivity index is 2.08. The molecule has 19 heavy (non-hydrogen) atoms. The monoisotopic (exact) mass is 300 g/mol. The van der Waals surface area contributed by atoms with E-state index in [4.69, 9.17) is 33.7 Å². The first-order chi connectivity index (χ1) is 8.97. The van der Waals surface area contributed by atoms with Crippen LogP contribution in [0.2, 0.25) is 10.0 Å². The van der Waals surface area contributed by atoms with Crippen molar-refractivity contribution in [3.63, 3.8) is 0 Å². The summed E-state index contributed by atoms with van der Waals surface area (Å²) in [5, 5.41) is 7.94. The van der Waals surface area contributed by atoms with Gasteiger partial charge in [-0.1, -0.05) is 28.4 Å². The maximum atomic E-state index is 11.8. The number of nitrogen functional groups attached to an aromatic ring is 1. The van der Waals surface area contributed by atoms with Gasteiger partial charge in [-0.05, 0) is 12.1 Å². The SMILES string of the molecule is Cn1cc(COC(=O)c2cc(N)c(Cl)c(Cl)c2)nn1. The van der Waals surface area contributed by atoms with E-state index in [0.29, 0.717) is 5.69 Å². The van der Waals surface area contributed by atoms with Gasteiger partial charge in [0, 0.05) is 7.05 Å². The Morgan fingerprint density at radius 3 is 2.79 bits per heavy atom. The Bertz CT molecular complexity index is 604. The van der Waals surface area contributed by atoms with Crippen LogP contribution in [0.25, 0.3) is 0 Å². The maximum absolute atomic E-state index is 11.8. The minimum absolute atomic E-state index is 0.0207. The first kappa shape index (κ1) is 13.6. The van der Waals surface area contributed by atoms with E-state index in [-0.39, 0.29) is 27.9 Å². The third-order valence-electron chi connectivity index (χ3n) is 2.29. The Kier molecular flexibility index (Phi) is 3.92. The van der Waals surface area contributed by atoms with Gasteiger partial charge in [0.1, 0.15) is 12.3 Å². The first-order valence-corrected chi connectivity index (χ1v) is 6.00. The fourth-order valence-electron chi connectivity index (χ4n) is 1.41. The van der Waals surface area contributed by atoms with Gasteiger partial charge >= 0.3 is 5.97 Å². The number of ether oxygens (including phenoxy) is 1. The molecule has 1 heterocycles. The van der Waals surface area contributed by atoms with Crippen LogP contribution in [0.15, 0.2) is 18.3 Å². The topological polar surface area (TPSA) is 83.0 Å². The molecule has 0 saturated heterocycles. The van der Waals surface area contributed by atoms with Crippen LogP contribution < -0.4 is 5.73 Å². The molecule has 100 valence electrons. The van der Waals surface area contributed by atoms with Gasteiger partial charge in [0.25, 0.3) is 0 Å². The van der Waals surface area contributed by atoms with Crippen LogP contribution in [0.5, 0.6) is 0 Å². The molecule has 0 radical (unpaired) electrons. The molecular weight excluding hydrogens is 291 g/mol. The number of rotatable bonds is 3. The van der Waals surface area contributed by atoms with Crippen molar-refractivity contribution in [2.45, 2.75) is 6.61 Å². The molecule has 1 aromatic heterocycles. The van der Waals surface area contributed by atoms with Crippen LogP contribution in [0.1, 0.15) is 16.1 Å². The fraction of sp³-hybridized carbons (Fsp3) is 0.182. The van der Waals surface area contributed by atoms with Crippen molar-refractivity contribution in [2.24, 2.45) is 7.05 Å². The van der Waals surface area contributed by atoms with Crippen molar-refractivity contribution in [1.82, 2.24) is 15.0 Å².